The highest BCUT2D eigenvalue weighted by molar-refractivity contribution is 6.25. The average Bonchev–Trinajstić information content (AvgIpc) is 3.37. The number of benzene rings is 4. The Labute approximate surface area is 250 Å². The van der Waals surface area contributed by atoms with Gasteiger partial charge in [0.2, 0.25) is 0 Å². The van der Waals surface area contributed by atoms with Gasteiger partial charge in [-0.1, -0.05) is 95.2 Å². The maximum absolute atomic E-state index is 2.53. The Hall–Kier alpha value is -3.52. The summed E-state index contributed by atoms with van der Waals surface area (Å²) in [6, 6.07) is 24.3. The van der Waals surface area contributed by atoms with E-state index in [0.29, 0.717) is 0 Å². The fourth-order valence-electron chi connectivity index (χ4n) is 6.87. The Morgan fingerprint density at radius 3 is 0.881 bits per heavy atom. The van der Waals surface area contributed by atoms with E-state index >= 15 is 0 Å². The number of hydrogen-bond acceptors (Lipinski definition) is 0. The number of rotatable bonds is 0. The molecule has 0 aliphatic carbocycles. The van der Waals surface area contributed by atoms with E-state index in [0.717, 1.165) is 0 Å². The minimum atomic E-state index is 0.0350. The molecular weight excluding hydrogens is 508 g/mol. The van der Waals surface area contributed by atoms with Crippen molar-refractivity contribution >= 4 is 54.4 Å². The summed E-state index contributed by atoms with van der Waals surface area (Å²) in [6.07, 6.45) is 0. The number of fused-ring (bicyclic) bond motifs is 8. The van der Waals surface area contributed by atoms with Gasteiger partial charge in [-0.25, -0.2) is 9.03 Å². The maximum Gasteiger partial charge on any atom is 0.0795 e. The predicted molar refractivity (Wildman–Crippen MR) is 184 cm³/mol. The smallest absolute Gasteiger partial charge is 0.0795 e. The Morgan fingerprint density at radius 1 is 0.333 bits per heavy atom. The van der Waals surface area contributed by atoms with Crippen molar-refractivity contribution in [2.24, 2.45) is 0 Å². The van der Waals surface area contributed by atoms with E-state index < -0.39 is 0 Å². The monoisotopic (exact) mass is 554 g/mol. The first-order chi connectivity index (χ1) is 19.4. The van der Waals surface area contributed by atoms with Crippen molar-refractivity contribution in [3.8, 4) is 0 Å². The van der Waals surface area contributed by atoms with Crippen molar-refractivity contribution in [1.82, 2.24) is 9.03 Å². The van der Waals surface area contributed by atoms with Crippen LogP contribution in [0.2, 0.25) is 0 Å². The first-order valence-corrected chi connectivity index (χ1v) is 15.6. The molecular formula is C40H46N2. The van der Waals surface area contributed by atoms with E-state index in [9.17, 15) is 0 Å². The third kappa shape index (κ3) is 3.76. The molecule has 0 N–H and O–H groups in total. The van der Waals surface area contributed by atoms with Gasteiger partial charge >= 0.3 is 0 Å². The van der Waals surface area contributed by atoms with Crippen LogP contribution in [0.5, 0.6) is 0 Å². The summed E-state index contributed by atoms with van der Waals surface area (Å²) in [5.74, 6) is 0. The zero-order valence-corrected chi connectivity index (χ0v) is 27.7. The van der Waals surface area contributed by atoms with Crippen LogP contribution < -0.4 is 0 Å². The molecule has 0 amide bonds. The highest BCUT2D eigenvalue weighted by atomic mass is 15.3. The molecule has 3 heterocycles. The third-order valence-electron chi connectivity index (χ3n) is 9.63. The topological polar surface area (TPSA) is 8.82 Å². The molecule has 2 nitrogen and oxygen atoms in total. The Bertz CT molecular complexity index is 2040. The molecule has 7 aromatic rings. The van der Waals surface area contributed by atoms with Gasteiger partial charge in [0, 0.05) is 32.3 Å². The van der Waals surface area contributed by atoms with Crippen LogP contribution in [0, 0.1) is 0 Å². The van der Waals surface area contributed by atoms with Crippen LogP contribution in [0.15, 0.2) is 60.7 Å². The molecule has 2 heteroatoms. The lowest BCUT2D eigenvalue weighted by Crippen LogP contribution is -2.12. The molecule has 0 aliphatic heterocycles. The molecule has 42 heavy (non-hydrogen) atoms. The Morgan fingerprint density at radius 2 is 0.595 bits per heavy atom. The molecule has 0 spiro atoms. The molecule has 7 rings (SSSR count). The average molecular weight is 555 g/mol. The Balaban J connectivity index is 1.83. The van der Waals surface area contributed by atoms with Crippen LogP contribution in [-0.4, -0.2) is 9.03 Å². The van der Waals surface area contributed by atoms with Crippen LogP contribution in [0.3, 0.4) is 0 Å². The molecule has 0 atom stereocenters. The van der Waals surface area contributed by atoms with Crippen molar-refractivity contribution < 1.29 is 0 Å². The molecule has 0 saturated heterocycles. The quantitative estimate of drug-likeness (QED) is 0.165. The zero-order chi connectivity index (χ0) is 30.3. The summed E-state index contributed by atoms with van der Waals surface area (Å²) in [5, 5.41) is 8.10. The van der Waals surface area contributed by atoms with E-state index in [-0.39, 0.29) is 21.7 Å². The summed E-state index contributed by atoms with van der Waals surface area (Å²) < 4.78 is 5.06. The minimum absolute atomic E-state index is 0.0350. The van der Waals surface area contributed by atoms with Crippen molar-refractivity contribution in [2.45, 2.75) is 105 Å². The fraction of sp³-hybridized carbons (Fsp3) is 0.400. The van der Waals surface area contributed by atoms with Gasteiger partial charge in [-0.05, 0) is 92.4 Å². The van der Waals surface area contributed by atoms with Gasteiger partial charge in [0.25, 0.3) is 0 Å². The van der Waals surface area contributed by atoms with E-state index in [1.807, 2.05) is 0 Å². The summed E-state index contributed by atoms with van der Waals surface area (Å²) in [5.41, 5.74) is 10.9. The third-order valence-corrected chi connectivity index (χ3v) is 9.63. The molecule has 0 aliphatic rings. The molecule has 3 aromatic heterocycles. The van der Waals surface area contributed by atoms with E-state index in [1.54, 1.807) is 0 Å². The highest BCUT2D eigenvalue weighted by Gasteiger charge is 2.27. The van der Waals surface area contributed by atoms with E-state index in [2.05, 4.69) is 153 Å². The predicted octanol–water partition coefficient (Wildman–Crippen LogP) is 11.4. The van der Waals surface area contributed by atoms with Gasteiger partial charge < -0.3 is 0 Å². The second kappa shape index (κ2) is 8.10. The number of aromatic nitrogens is 2. The summed E-state index contributed by atoms with van der Waals surface area (Å²) in [6.45, 7) is 28.0. The lowest BCUT2D eigenvalue weighted by atomic mass is 9.82. The molecule has 4 aromatic carbocycles. The number of hydrogen-bond donors (Lipinski definition) is 0. The lowest BCUT2D eigenvalue weighted by molar-refractivity contribution is 0.590. The normalized spacial score (nSPS) is 14.2. The molecule has 0 radical (unpaired) electrons. The summed E-state index contributed by atoms with van der Waals surface area (Å²) in [7, 11) is 0. The second-order valence-corrected chi connectivity index (χ2v) is 16.9. The molecule has 0 fully saturated rings. The van der Waals surface area contributed by atoms with Gasteiger partial charge in [0.05, 0.1) is 22.1 Å². The second-order valence-electron chi connectivity index (χ2n) is 16.9. The fourth-order valence-corrected chi connectivity index (χ4v) is 6.87. The van der Waals surface area contributed by atoms with Crippen molar-refractivity contribution in [3.63, 3.8) is 0 Å². The van der Waals surface area contributed by atoms with E-state index in [4.69, 9.17) is 0 Å². The van der Waals surface area contributed by atoms with Gasteiger partial charge in [-0.3, -0.25) is 0 Å². The first kappa shape index (κ1) is 27.3. The Kier molecular flexibility index (Phi) is 5.27. The van der Waals surface area contributed by atoms with Crippen molar-refractivity contribution in [1.29, 1.82) is 0 Å². The van der Waals surface area contributed by atoms with Gasteiger partial charge in [-0.2, -0.15) is 0 Å². The largest absolute Gasteiger partial charge is 0.247 e. The molecule has 0 bridgehead atoms. The van der Waals surface area contributed by atoms with E-state index in [1.165, 1.54) is 76.6 Å². The number of nitrogens with zero attached hydrogens (tertiary/aromatic N) is 2. The molecule has 0 unspecified atom stereocenters. The van der Waals surface area contributed by atoms with Crippen LogP contribution in [0.25, 0.3) is 54.4 Å². The molecule has 216 valence electrons. The van der Waals surface area contributed by atoms with Crippen LogP contribution in [0.4, 0.5) is 0 Å². The lowest BCUT2D eigenvalue weighted by Gasteiger charge is -2.23. The van der Waals surface area contributed by atoms with Gasteiger partial charge in [0.15, 0.2) is 0 Å². The first-order valence-electron chi connectivity index (χ1n) is 15.6. The summed E-state index contributed by atoms with van der Waals surface area (Å²) >= 11 is 0. The zero-order valence-electron chi connectivity index (χ0n) is 27.7. The van der Waals surface area contributed by atoms with Gasteiger partial charge in [0.1, 0.15) is 0 Å². The van der Waals surface area contributed by atoms with Crippen molar-refractivity contribution in [3.05, 3.63) is 82.9 Å². The van der Waals surface area contributed by atoms with Gasteiger partial charge in [-0.15, -0.1) is 0 Å². The maximum atomic E-state index is 2.53. The van der Waals surface area contributed by atoms with Crippen LogP contribution in [0.1, 0.15) is 105 Å². The summed E-state index contributed by atoms with van der Waals surface area (Å²) in [4.78, 5) is 0. The highest BCUT2D eigenvalue weighted by Crippen LogP contribution is 2.45. The SMILES string of the molecule is CC(C)(C)c1ccc2c(c1)c1cc(C(C)(C)C)cc3c4cc(C(C)(C)C)cc5c6cc(C(C)(C)C)ccc6n(c54)n2c13. The van der Waals surface area contributed by atoms with Crippen LogP contribution >= 0.6 is 0 Å². The molecule has 0 saturated carbocycles. The van der Waals surface area contributed by atoms with Crippen molar-refractivity contribution in [2.75, 3.05) is 0 Å². The minimum Gasteiger partial charge on any atom is -0.247 e. The van der Waals surface area contributed by atoms with Crippen LogP contribution in [-0.2, 0) is 21.7 Å². The standard InChI is InChI=1S/C40H46N2/c1-37(2,3)23-13-15-33-27(17-23)29-19-25(39(7,8)9)21-31-32-22-26(40(10,11)12)20-30-28-18-24(38(4,5)6)14-16-34(28)42(36(30)32)41(33)35(29)31/h13-22H,1-12H3.